The molecular formula is C11H17NO3S. The molecule has 0 aliphatic rings. The Bertz CT molecular complexity index is 338. The minimum Gasteiger partial charge on any atom is -0.465 e. The van der Waals surface area contributed by atoms with Gasteiger partial charge in [-0.05, 0) is 18.4 Å². The topological polar surface area (TPSA) is 47.6 Å². The summed E-state index contributed by atoms with van der Waals surface area (Å²) >= 11 is 1.56. The van der Waals surface area contributed by atoms with E-state index in [2.05, 4.69) is 5.32 Å². The van der Waals surface area contributed by atoms with Gasteiger partial charge in [-0.2, -0.15) is 0 Å². The Morgan fingerprint density at radius 2 is 2.31 bits per heavy atom. The monoisotopic (exact) mass is 243 g/mol. The number of hydrogen-bond acceptors (Lipinski definition) is 5. The Kier molecular flexibility index (Phi) is 5.45. The van der Waals surface area contributed by atoms with Crippen LogP contribution in [0.25, 0.3) is 0 Å². The van der Waals surface area contributed by atoms with Crippen LogP contribution in [0.4, 0.5) is 0 Å². The van der Waals surface area contributed by atoms with Crippen molar-refractivity contribution in [3.05, 3.63) is 21.9 Å². The zero-order valence-electron chi connectivity index (χ0n) is 9.78. The smallest absolute Gasteiger partial charge is 0.339 e. The van der Waals surface area contributed by atoms with Crippen LogP contribution in [0, 0.1) is 0 Å². The molecule has 0 aromatic carbocycles. The molecule has 0 saturated carbocycles. The maximum atomic E-state index is 11.5. The van der Waals surface area contributed by atoms with Crippen molar-refractivity contribution >= 4 is 17.3 Å². The van der Waals surface area contributed by atoms with Crippen LogP contribution in [0.1, 0.15) is 28.2 Å². The highest BCUT2D eigenvalue weighted by molar-refractivity contribution is 7.10. The van der Waals surface area contributed by atoms with Gasteiger partial charge < -0.3 is 14.8 Å². The molecule has 0 spiro atoms. The first-order valence-electron chi connectivity index (χ1n) is 5.08. The fraction of sp³-hybridized carbons (Fsp3) is 0.545. The van der Waals surface area contributed by atoms with Crippen molar-refractivity contribution in [3.63, 3.8) is 0 Å². The highest BCUT2D eigenvalue weighted by Crippen LogP contribution is 2.24. The van der Waals surface area contributed by atoms with E-state index < -0.39 is 0 Å². The summed E-state index contributed by atoms with van der Waals surface area (Å²) in [6, 6.07) is 1.92. The van der Waals surface area contributed by atoms with Gasteiger partial charge in [0.1, 0.15) is 0 Å². The van der Waals surface area contributed by atoms with Gasteiger partial charge in [-0.3, -0.25) is 0 Å². The Balaban J connectivity index is 2.64. The van der Waals surface area contributed by atoms with E-state index in [-0.39, 0.29) is 12.0 Å². The molecule has 0 fully saturated rings. The van der Waals surface area contributed by atoms with Crippen molar-refractivity contribution in [2.24, 2.45) is 0 Å². The normalized spacial score (nSPS) is 12.4. The third-order valence-electron chi connectivity index (χ3n) is 2.25. The van der Waals surface area contributed by atoms with Crippen molar-refractivity contribution < 1.29 is 14.3 Å². The van der Waals surface area contributed by atoms with E-state index in [0.29, 0.717) is 12.2 Å². The number of hydrogen-bond donors (Lipinski definition) is 1. The van der Waals surface area contributed by atoms with Gasteiger partial charge in [-0.15, -0.1) is 11.3 Å². The summed E-state index contributed by atoms with van der Waals surface area (Å²) in [7, 11) is 3.06. The second-order valence-corrected chi connectivity index (χ2v) is 4.31. The van der Waals surface area contributed by atoms with Crippen LogP contribution >= 0.6 is 11.3 Å². The van der Waals surface area contributed by atoms with Gasteiger partial charge in [0.2, 0.25) is 0 Å². The molecule has 16 heavy (non-hydrogen) atoms. The first-order chi connectivity index (χ1) is 7.70. The molecule has 1 N–H and O–H groups in total. The van der Waals surface area contributed by atoms with Gasteiger partial charge in [0.15, 0.2) is 0 Å². The van der Waals surface area contributed by atoms with Gasteiger partial charge in [-0.25, -0.2) is 4.79 Å². The SMILES string of the molecule is COCCNC(C)c1sccc1C(=O)OC. The van der Waals surface area contributed by atoms with E-state index in [4.69, 9.17) is 9.47 Å². The fourth-order valence-corrected chi connectivity index (χ4v) is 2.32. The Labute approximate surface area is 99.6 Å². The molecule has 4 nitrogen and oxygen atoms in total. The van der Waals surface area contributed by atoms with Crippen LogP contribution in [0.15, 0.2) is 11.4 Å². The van der Waals surface area contributed by atoms with E-state index >= 15 is 0 Å². The lowest BCUT2D eigenvalue weighted by atomic mass is 10.1. The molecule has 1 aromatic rings. The van der Waals surface area contributed by atoms with E-state index in [1.165, 1.54) is 7.11 Å². The molecule has 0 radical (unpaired) electrons. The quantitative estimate of drug-likeness (QED) is 0.611. The highest BCUT2D eigenvalue weighted by atomic mass is 32.1. The van der Waals surface area contributed by atoms with Crippen LogP contribution in [0.2, 0.25) is 0 Å². The predicted molar refractivity (Wildman–Crippen MR) is 64.0 cm³/mol. The maximum absolute atomic E-state index is 11.5. The highest BCUT2D eigenvalue weighted by Gasteiger charge is 2.17. The van der Waals surface area contributed by atoms with Crippen molar-refractivity contribution in [3.8, 4) is 0 Å². The maximum Gasteiger partial charge on any atom is 0.339 e. The standard InChI is InChI=1S/C11H17NO3S/c1-8(12-5-6-14-2)10-9(4-7-16-10)11(13)15-3/h4,7-8,12H,5-6H2,1-3H3. The summed E-state index contributed by atoms with van der Waals surface area (Å²) in [4.78, 5) is 12.5. The largest absolute Gasteiger partial charge is 0.465 e. The lowest BCUT2D eigenvalue weighted by Gasteiger charge is -2.13. The van der Waals surface area contributed by atoms with Gasteiger partial charge in [0, 0.05) is 24.6 Å². The molecule has 0 amide bonds. The van der Waals surface area contributed by atoms with Gasteiger partial charge in [-0.1, -0.05) is 0 Å². The lowest BCUT2D eigenvalue weighted by molar-refractivity contribution is 0.0599. The van der Waals surface area contributed by atoms with Crippen LogP contribution in [-0.4, -0.2) is 33.3 Å². The third-order valence-corrected chi connectivity index (χ3v) is 3.35. The molecule has 5 heteroatoms. The third kappa shape index (κ3) is 3.30. The zero-order chi connectivity index (χ0) is 12.0. The Morgan fingerprint density at radius 3 is 2.94 bits per heavy atom. The predicted octanol–water partition coefficient (Wildman–Crippen LogP) is 1.83. The second kappa shape index (κ2) is 6.62. The number of carbonyl (C=O) groups is 1. The lowest BCUT2D eigenvalue weighted by Crippen LogP contribution is -2.23. The van der Waals surface area contributed by atoms with Crippen molar-refractivity contribution in [2.45, 2.75) is 13.0 Å². The summed E-state index contributed by atoms with van der Waals surface area (Å²) in [6.07, 6.45) is 0. The first kappa shape index (κ1) is 13.2. The summed E-state index contributed by atoms with van der Waals surface area (Å²) in [6.45, 7) is 3.44. The number of carbonyl (C=O) groups excluding carboxylic acids is 1. The van der Waals surface area contributed by atoms with Crippen LogP contribution in [-0.2, 0) is 9.47 Å². The van der Waals surface area contributed by atoms with E-state index in [1.807, 2.05) is 12.3 Å². The van der Waals surface area contributed by atoms with Gasteiger partial charge >= 0.3 is 5.97 Å². The number of nitrogens with one attached hydrogen (secondary N) is 1. The minimum atomic E-state index is -0.281. The first-order valence-corrected chi connectivity index (χ1v) is 5.96. The molecule has 1 aromatic heterocycles. The van der Waals surface area contributed by atoms with Crippen molar-refractivity contribution in [1.82, 2.24) is 5.32 Å². The summed E-state index contributed by atoms with van der Waals surface area (Å²) in [5, 5.41) is 5.18. The van der Waals surface area contributed by atoms with Crippen LogP contribution in [0.3, 0.4) is 0 Å². The van der Waals surface area contributed by atoms with Crippen molar-refractivity contribution in [1.29, 1.82) is 0 Å². The average Bonchev–Trinajstić information content (AvgIpc) is 2.77. The summed E-state index contributed by atoms with van der Waals surface area (Å²) in [5.74, 6) is -0.281. The number of methoxy groups -OCH3 is 2. The van der Waals surface area contributed by atoms with Crippen LogP contribution in [0.5, 0.6) is 0 Å². The minimum absolute atomic E-state index is 0.129. The molecule has 1 atom stereocenters. The molecule has 0 aliphatic heterocycles. The van der Waals surface area contributed by atoms with Gasteiger partial charge in [0.25, 0.3) is 0 Å². The fourth-order valence-electron chi connectivity index (χ4n) is 1.41. The molecule has 0 bridgehead atoms. The molecule has 1 rings (SSSR count). The van der Waals surface area contributed by atoms with Crippen molar-refractivity contribution in [2.75, 3.05) is 27.4 Å². The van der Waals surface area contributed by atoms with Gasteiger partial charge in [0.05, 0.1) is 19.3 Å². The number of ether oxygens (including phenoxy) is 2. The van der Waals surface area contributed by atoms with E-state index in [9.17, 15) is 4.79 Å². The molecule has 1 heterocycles. The number of esters is 1. The zero-order valence-corrected chi connectivity index (χ0v) is 10.6. The van der Waals surface area contributed by atoms with E-state index in [1.54, 1.807) is 24.5 Å². The van der Waals surface area contributed by atoms with E-state index in [0.717, 1.165) is 11.4 Å². The number of thiophene rings is 1. The molecule has 0 saturated heterocycles. The molecule has 90 valence electrons. The average molecular weight is 243 g/mol. The summed E-state index contributed by atoms with van der Waals surface area (Å²) in [5.41, 5.74) is 0.643. The summed E-state index contributed by atoms with van der Waals surface area (Å²) < 4.78 is 9.68. The van der Waals surface area contributed by atoms with Crippen LogP contribution < -0.4 is 5.32 Å². The number of rotatable bonds is 6. The Hall–Kier alpha value is -0.910. The molecule has 1 unspecified atom stereocenters. The molecule has 0 aliphatic carbocycles. The second-order valence-electron chi connectivity index (χ2n) is 3.36. The Morgan fingerprint density at radius 1 is 1.56 bits per heavy atom. The molecular weight excluding hydrogens is 226 g/mol.